The number of thiazole rings is 1. The molecule has 0 saturated heterocycles. The molecule has 0 atom stereocenters. The van der Waals surface area contributed by atoms with Crippen LogP contribution in [0.25, 0.3) is 6.08 Å². The van der Waals surface area contributed by atoms with Gasteiger partial charge in [0, 0.05) is 18.2 Å². The Morgan fingerprint density at radius 1 is 1.44 bits per heavy atom. The van der Waals surface area contributed by atoms with Crippen molar-refractivity contribution in [3.63, 3.8) is 0 Å². The average molecular weight is 361 g/mol. The fraction of sp³-hybridized carbons (Fsp3) is 0.188. The first-order valence-corrected chi connectivity index (χ1v) is 8.10. The lowest BCUT2D eigenvalue weighted by molar-refractivity contribution is -0.384. The van der Waals surface area contributed by atoms with Crippen LogP contribution in [0.3, 0.4) is 0 Å². The molecule has 2 rings (SSSR count). The number of carbonyl (C=O) groups excluding carboxylic acids is 2. The molecule has 0 aliphatic rings. The number of non-ortho nitro benzene ring substituents is 1. The highest BCUT2D eigenvalue weighted by atomic mass is 32.1. The van der Waals surface area contributed by atoms with Crippen molar-refractivity contribution >= 4 is 40.1 Å². The van der Waals surface area contributed by atoms with E-state index >= 15 is 0 Å². The highest BCUT2D eigenvalue weighted by molar-refractivity contribution is 7.17. The molecule has 0 radical (unpaired) electrons. The predicted molar refractivity (Wildman–Crippen MR) is 93.6 cm³/mol. The lowest BCUT2D eigenvalue weighted by Gasteiger charge is -1.98. The van der Waals surface area contributed by atoms with E-state index in [0.29, 0.717) is 16.1 Å². The number of hydrogen-bond acceptors (Lipinski definition) is 7. The molecule has 1 N–H and O–H groups in total. The third-order valence-electron chi connectivity index (χ3n) is 3.00. The number of anilines is 1. The summed E-state index contributed by atoms with van der Waals surface area (Å²) in [5.74, 6) is -0.944. The molecule has 1 heterocycles. The van der Waals surface area contributed by atoms with Gasteiger partial charge in [-0.05, 0) is 25.5 Å². The Bertz CT molecular complexity index is 844. The number of aromatic nitrogens is 1. The van der Waals surface area contributed by atoms with E-state index in [1.165, 1.54) is 30.4 Å². The molecule has 8 nitrogen and oxygen atoms in total. The number of rotatable bonds is 6. The van der Waals surface area contributed by atoms with Crippen LogP contribution < -0.4 is 5.32 Å². The lowest BCUT2D eigenvalue weighted by atomic mass is 10.2. The maximum Gasteiger partial charge on any atom is 0.350 e. The molecule has 1 aromatic heterocycles. The van der Waals surface area contributed by atoms with Crippen molar-refractivity contribution in [1.82, 2.24) is 4.98 Å². The summed E-state index contributed by atoms with van der Waals surface area (Å²) in [4.78, 5) is 38.3. The molecule has 0 fully saturated rings. The zero-order valence-corrected chi connectivity index (χ0v) is 14.3. The minimum atomic E-state index is -0.507. The van der Waals surface area contributed by atoms with Gasteiger partial charge in [-0.3, -0.25) is 20.2 Å². The highest BCUT2D eigenvalue weighted by Crippen LogP contribution is 2.23. The number of nitro groups is 1. The molecule has 0 bridgehead atoms. The second-order valence-corrected chi connectivity index (χ2v) is 5.83. The monoisotopic (exact) mass is 361 g/mol. The topological polar surface area (TPSA) is 111 Å². The molecule has 9 heteroatoms. The van der Waals surface area contributed by atoms with Crippen molar-refractivity contribution in [2.24, 2.45) is 0 Å². The maximum atomic E-state index is 11.9. The van der Waals surface area contributed by atoms with Crippen LogP contribution in [-0.2, 0) is 9.53 Å². The molecular weight excluding hydrogens is 346 g/mol. The summed E-state index contributed by atoms with van der Waals surface area (Å²) in [5, 5.41) is 13.5. The first-order chi connectivity index (χ1) is 11.9. The van der Waals surface area contributed by atoms with Gasteiger partial charge in [-0.1, -0.05) is 23.5 Å². The minimum absolute atomic E-state index is 0.0582. The molecule has 2 aromatic rings. The first-order valence-electron chi connectivity index (χ1n) is 7.28. The highest BCUT2D eigenvalue weighted by Gasteiger charge is 2.17. The standard InChI is InChI=1S/C16H15N3O5S/c1-3-24-15(21)14-10(2)17-16(25-14)18-13(20)8-7-11-5-4-6-12(9-11)19(22)23/h4-9H,3H2,1-2H3,(H,17,18,20)/b8-7+. The maximum absolute atomic E-state index is 11.9. The Labute approximate surface area is 147 Å². The van der Waals surface area contributed by atoms with Crippen LogP contribution in [0.2, 0.25) is 0 Å². The molecule has 130 valence electrons. The van der Waals surface area contributed by atoms with E-state index in [1.807, 2.05) is 0 Å². The molecule has 0 saturated carbocycles. The zero-order chi connectivity index (χ0) is 18.4. The van der Waals surface area contributed by atoms with Crippen LogP contribution >= 0.6 is 11.3 Å². The van der Waals surface area contributed by atoms with E-state index in [4.69, 9.17) is 4.74 Å². The summed E-state index contributed by atoms with van der Waals surface area (Å²) in [7, 11) is 0. The van der Waals surface area contributed by atoms with Gasteiger partial charge in [0.05, 0.1) is 17.2 Å². The molecule has 0 unspecified atom stereocenters. The van der Waals surface area contributed by atoms with Crippen molar-refractivity contribution in [3.8, 4) is 0 Å². The van der Waals surface area contributed by atoms with E-state index < -0.39 is 16.8 Å². The number of nitrogens with zero attached hydrogens (tertiary/aromatic N) is 2. The van der Waals surface area contributed by atoms with Crippen LogP contribution in [0.4, 0.5) is 10.8 Å². The number of amides is 1. The van der Waals surface area contributed by atoms with E-state index in [9.17, 15) is 19.7 Å². The van der Waals surface area contributed by atoms with Crippen molar-refractivity contribution in [2.75, 3.05) is 11.9 Å². The fourth-order valence-electron chi connectivity index (χ4n) is 1.90. The Kier molecular flexibility index (Phi) is 5.96. The van der Waals surface area contributed by atoms with Gasteiger partial charge in [0.2, 0.25) is 5.91 Å². The molecular formula is C16H15N3O5S. The quantitative estimate of drug-likeness (QED) is 0.366. The van der Waals surface area contributed by atoms with Gasteiger partial charge in [-0.15, -0.1) is 0 Å². The zero-order valence-electron chi connectivity index (χ0n) is 13.5. The summed E-state index contributed by atoms with van der Waals surface area (Å²) >= 11 is 1.02. The summed E-state index contributed by atoms with van der Waals surface area (Å²) in [6.45, 7) is 3.61. The average Bonchev–Trinajstić information content (AvgIpc) is 2.94. The summed E-state index contributed by atoms with van der Waals surface area (Å²) < 4.78 is 4.91. The Balaban J connectivity index is 2.05. The molecule has 0 spiro atoms. The Morgan fingerprint density at radius 3 is 2.88 bits per heavy atom. The lowest BCUT2D eigenvalue weighted by Crippen LogP contribution is -2.07. The number of carbonyl (C=O) groups is 2. The number of aryl methyl sites for hydroxylation is 1. The second kappa shape index (κ2) is 8.15. The van der Waals surface area contributed by atoms with Crippen molar-refractivity contribution in [3.05, 3.63) is 56.6 Å². The molecule has 0 aliphatic heterocycles. The van der Waals surface area contributed by atoms with Crippen LogP contribution in [-0.4, -0.2) is 28.4 Å². The SMILES string of the molecule is CCOC(=O)c1sc(NC(=O)/C=C/c2cccc([N+](=O)[O-])c2)nc1C. The van der Waals surface area contributed by atoms with Gasteiger partial charge >= 0.3 is 5.97 Å². The van der Waals surface area contributed by atoms with E-state index in [2.05, 4.69) is 10.3 Å². The van der Waals surface area contributed by atoms with Gasteiger partial charge in [-0.25, -0.2) is 9.78 Å². The molecule has 1 amide bonds. The van der Waals surface area contributed by atoms with Crippen LogP contribution in [0.1, 0.15) is 27.9 Å². The largest absolute Gasteiger partial charge is 0.462 e. The van der Waals surface area contributed by atoms with Gasteiger partial charge in [0.1, 0.15) is 4.88 Å². The van der Waals surface area contributed by atoms with Crippen molar-refractivity contribution in [1.29, 1.82) is 0 Å². The summed E-state index contributed by atoms with van der Waals surface area (Å²) in [6.07, 6.45) is 2.69. The fourth-order valence-corrected chi connectivity index (χ4v) is 2.76. The van der Waals surface area contributed by atoms with E-state index in [-0.39, 0.29) is 17.4 Å². The number of hydrogen-bond donors (Lipinski definition) is 1. The number of nitro benzene ring substituents is 1. The van der Waals surface area contributed by atoms with Gasteiger partial charge < -0.3 is 4.74 Å². The Hall–Kier alpha value is -3.07. The van der Waals surface area contributed by atoms with Crippen molar-refractivity contribution < 1.29 is 19.2 Å². The molecule has 25 heavy (non-hydrogen) atoms. The van der Waals surface area contributed by atoms with Crippen LogP contribution in [0.15, 0.2) is 30.3 Å². The first kappa shape index (κ1) is 18.3. The molecule has 1 aromatic carbocycles. The van der Waals surface area contributed by atoms with Crippen LogP contribution in [0, 0.1) is 17.0 Å². The van der Waals surface area contributed by atoms with E-state index in [1.54, 1.807) is 19.9 Å². The van der Waals surface area contributed by atoms with Gasteiger partial charge in [0.25, 0.3) is 5.69 Å². The van der Waals surface area contributed by atoms with Gasteiger partial charge in [0.15, 0.2) is 5.13 Å². The predicted octanol–water partition coefficient (Wildman–Crippen LogP) is 3.19. The number of nitrogens with one attached hydrogen (secondary N) is 1. The van der Waals surface area contributed by atoms with Crippen LogP contribution in [0.5, 0.6) is 0 Å². The van der Waals surface area contributed by atoms with Crippen molar-refractivity contribution in [2.45, 2.75) is 13.8 Å². The number of ether oxygens (including phenoxy) is 1. The third-order valence-corrected chi connectivity index (χ3v) is 4.05. The second-order valence-electron chi connectivity index (χ2n) is 4.83. The smallest absolute Gasteiger partial charge is 0.350 e. The number of esters is 1. The van der Waals surface area contributed by atoms with Gasteiger partial charge in [-0.2, -0.15) is 0 Å². The minimum Gasteiger partial charge on any atom is -0.462 e. The molecule has 0 aliphatic carbocycles. The summed E-state index contributed by atoms with van der Waals surface area (Å²) in [6, 6.07) is 5.90. The Morgan fingerprint density at radius 2 is 2.20 bits per heavy atom. The summed E-state index contributed by atoms with van der Waals surface area (Å²) in [5.41, 5.74) is 0.936. The number of benzene rings is 1. The normalized spacial score (nSPS) is 10.6. The third kappa shape index (κ3) is 4.95. The van der Waals surface area contributed by atoms with E-state index in [0.717, 1.165) is 11.3 Å².